The zero-order chi connectivity index (χ0) is 100. The molecule has 0 aromatic carbocycles. The van der Waals surface area contributed by atoms with Crippen LogP contribution in [0.2, 0.25) is 0 Å². The van der Waals surface area contributed by atoms with Crippen LogP contribution in [0.3, 0.4) is 0 Å². The largest absolute Gasteiger partial charge is 0.394 e. The van der Waals surface area contributed by atoms with Gasteiger partial charge in [0.15, 0.2) is 69.2 Å². The Bertz CT molecular complexity index is 3760. The lowest BCUT2D eigenvalue weighted by Gasteiger charge is -2.52. The van der Waals surface area contributed by atoms with Crippen LogP contribution in [0.15, 0.2) is 0 Å². The standard InChI is InChI=1S/C76H127N5O55/c1-17-38(96)50(108)54(112)71(117-17)136-65-62(133-67-34(78-19(3)92)45(103)39(97)23(7-82)119-67)43(101)27(11-86)123-76(65)131-60-31(15-90)126-70(37(49(60)107)81-22(6)95)135-64-53(111)42(100)26(10-85)122-75(64)132-61-44(102)32(127-73(56(61)114)130-59-30(14-89)124-68(35(47(59)105)79-20(4)93)128-57-28(12-87)118-66(115)33(46(57)104)77-18(2)91)16-116-74-63(52(110)41(99)25(9-84)121-74)134-69-36(80-21(5)94)48(106)58(29(13-88)125-69)129-72-55(113)51(109)40(98)24(8-83)120-72/h17,23-76,82-90,96-115H,7-16H2,1-6H3,(H,77,91)(H,78,92)(H,79,93)(H,80,94)(H,81,95)/t17-,23+,24+,25+,26+,27+,28+,29+,30+,31+,32+,33+,34+,35+,36+,37+,38+,39-,40-,41+,42+,43-,44+,45+,46+,47+,48+,49+,50+,51-,52-,53-,54-,55+,56-,57+,58+,59+,60+,61-,62-,63-,64-,65+,66+,67+,68-,69-,70-,71-,72-,73-,74-,75+,76-/m0/s1. The molecule has 11 heterocycles. The predicted molar refractivity (Wildman–Crippen MR) is 419 cm³/mol. The van der Waals surface area contributed by atoms with E-state index < -0.39 is 433 Å². The number of hydrogen-bond acceptors (Lipinski definition) is 55. The fraction of sp³-hybridized carbons (Fsp3) is 0.934. The molecule has 0 saturated carbocycles. The lowest BCUT2D eigenvalue weighted by molar-refractivity contribution is -0.406. The molecule has 136 heavy (non-hydrogen) atoms. The second-order valence-electron chi connectivity index (χ2n) is 34.5. The summed E-state index contributed by atoms with van der Waals surface area (Å²) in [6.07, 6.45) is -107. The minimum absolute atomic E-state index is 0.815. The SMILES string of the molecule is CC(=O)N[C@@H]1[C@@H](O)[C@H](O[C@@H]2O[C@H](CO)[C@@H](O[C@@H]3O[C@H](CO[C@H]4O[C@H](CO)[C@@H](O)[C@H](O)[C@@H]4O[C@@H]4O[C@H](CO)[C@@H](O[C@@H]5O[C@H](CO)[C@H](O)[C@H](O)[C@H]5O)[C@H](O)[C@H]4NC(C)=O)[C@@H](O)[C@H](O[C@H]4O[C@H](CO)[C@@H](O)[C@H](O)[C@@H]4O[C@@H]4O[C@H](CO)[C@@H](O[C@@H]5O[C@H](CO)[C@H](O)[C@H](O[C@H]6O[C@H](CO)[C@H](O)[C@H](O)[C@H]6NC(C)=O)[C@H]5O[C@@H]5O[C@@H](C)[C@@H](O)[C@@H](O)[C@@H]5O)[C@H](O)[C@H]4NC(C)=O)[C@@H]3O)[C@H](O)[C@H]2NC(C)=O)[C@@H](CO)O[C@H]1O. The summed E-state index contributed by atoms with van der Waals surface area (Å²) in [5, 5.41) is 339. The van der Waals surface area contributed by atoms with Crippen molar-refractivity contribution in [2.75, 3.05) is 66.1 Å². The lowest BCUT2D eigenvalue weighted by Crippen LogP contribution is -2.71. The molecule has 34 N–H and O–H groups in total. The molecular formula is C76H127N5O55. The summed E-state index contributed by atoms with van der Waals surface area (Å²) >= 11 is 0. The lowest BCUT2D eigenvalue weighted by atomic mass is 9.93. The van der Waals surface area contributed by atoms with Crippen molar-refractivity contribution in [3.8, 4) is 0 Å². The summed E-state index contributed by atoms with van der Waals surface area (Å²) in [4.78, 5) is 64.5. The fourth-order valence-corrected chi connectivity index (χ4v) is 17.7. The molecule has 0 aromatic heterocycles. The van der Waals surface area contributed by atoms with Gasteiger partial charge in [-0.2, -0.15) is 0 Å². The molecule has 60 nitrogen and oxygen atoms in total. The Morgan fingerprint density at radius 2 is 0.456 bits per heavy atom. The van der Waals surface area contributed by atoms with Gasteiger partial charge in [-0.1, -0.05) is 0 Å². The summed E-state index contributed by atoms with van der Waals surface area (Å²) in [5.74, 6) is -4.71. The number of hydrogen-bond donors (Lipinski definition) is 34. The maximum absolute atomic E-state index is 13.5. The first kappa shape index (κ1) is 112. The van der Waals surface area contributed by atoms with Crippen molar-refractivity contribution >= 4 is 29.5 Å². The number of carbonyl (C=O) groups excluding carboxylic acids is 5. The molecule has 11 rings (SSSR count). The van der Waals surface area contributed by atoms with Gasteiger partial charge >= 0.3 is 0 Å². The van der Waals surface area contributed by atoms with E-state index in [4.69, 9.17) is 99.5 Å². The highest BCUT2D eigenvalue weighted by molar-refractivity contribution is 5.75. The second-order valence-corrected chi connectivity index (χ2v) is 34.5. The molecule has 11 aliphatic rings. The average molecular weight is 1990 g/mol. The van der Waals surface area contributed by atoms with Gasteiger partial charge in [0.1, 0.15) is 262 Å². The summed E-state index contributed by atoms with van der Waals surface area (Å²) in [6.45, 7) is -5.73. The van der Waals surface area contributed by atoms with Crippen LogP contribution in [0.1, 0.15) is 41.5 Å². The van der Waals surface area contributed by atoms with E-state index in [1.807, 2.05) is 0 Å². The molecule has 0 aliphatic carbocycles. The van der Waals surface area contributed by atoms with Gasteiger partial charge in [0.25, 0.3) is 0 Å². The van der Waals surface area contributed by atoms with Crippen LogP contribution in [0, 0.1) is 0 Å². The monoisotopic (exact) mass is 1990 g/mol. The zero-order valence-electron chi connectivity index (χ0n) is 73.4. The van der Waals surface area contributed by atoms with Crippen LogP contribution in [-0.2, 0) is 123 Å². The van der Waals surface area contributed by atoms with Crippen LogP contribution in [-0.4, -0.2) is 581 Å². The first-order valence-corrected chi connectivity index (χ1v) is 43.5. The van der Waals surface area contributed by atoms with Crippen LogP contribution in [0.4, 0.5) is 0 Å². The minimum atomic E-state index is -2.67. The van der Waals surface area contributed by atoms with E-state index in [9.17, 15) is 172 Å². The number of rotatable bonds is 35. The van der Waals surface area contributed by atoms with Crippen molar-refractivity contribution in [2.45, 2.75) is 379 Å². The highest BCUT2D eigenvalue weighted by Crippen LogP contribution is 2.43. The maximum atomic E-state index is 13.5. The normalized spacial score (nSPS) is 49.2. The summed E-state index contributed by atoms with van der Waals surface area (Å²) in [5.41, 5.74) is 0. The van der Waals surface area contributed by atoms with Gasteiger partial charge in [0, 0.05) is 34.6 Å². The Morgan fingerprint density at radius 3 is 0.868 bits per heavy atom. The summed E-state index contributed by atoms with van der Waals surface area (Å²) in [6, 6.07) is -9.60. The van der Waals surface area contributed by atoms with Crippen molar-refractivity contribution in [1.82, 2.24) is 26.6 Å². The number of aliphatic hydroxyl groups excluding tert-OH is 29. The van der Waals surface area contributed by atoms with Crippen molar-refractivity contribution in [1.29, 1.82) is 0 Å². The highest BCUT2D eigenvalue weighted by atomic mass is 16.8. The maximum Gasteiger partial charge on any atom is 0.217 e. The van der Waals surface area contributed by atoms with Crippen molar-refractivity contribution < 1.29 is 272 Å². The van der Waals surface area contributed by atoms with Gasteiger partial charge in [-0.3, -0.25) is 24.0 Å². The molecular weight excluding hydrogens is 1860 g/mol. The molecule has 0 bridgehead atoms. The summed E-state index contributed by atoms with van der Waals surface area (Å²) < 4.78 is 127. The molecule has 11 fully saturated rings. The van der Waals surface area contributed by atoms with Crippen LogP contribution in [0.25, 0.3) is 0 Å². The molecule has 0 radical (unpaired) electrons. The van der Waals surface area contributed by atoms with E-state index >= 15 is 0 Å². The van der Waals surface area contributed by atoms with Gasteiger partial charge < -0.3 is 274 Å². The second kappa shape index (κ2) is 48.8. The fourth-order valence-electron chi connectivity index (χ4n) is 17.7. The first-order valence-electron chi connectivity index (χ1n) is 43.5. The van der Waals surface area contributed by atoms with Gasteiger partial charge in [-0.05, 0) is 6.92 Å². The van der Waals surface area contributed by atoms with Gasteiger partial charge in [-0.25, -0.2) is 0 Å². The molecule has 786 valence electrons. The number of amides is 5. The molecule has 0 aromatic rings. The number of nitrogens with one attached hydrogen (secondary N) is 5. The third kappa shape index (κ3) is 24.6. The first-order chi connectivity index (χ1) is 64.3. The van der Waals surface area contributed by atoms with E-state index in [2.05, 4.69) is 26.6 Å². The Labute approximate surface area is 770 Å². The third-order valence-electron chi connectivity index (χ3n) is 25.0. The quantitative estimate of drug-likeness (QED) is 0.0280. The minimum Gasteiger partial charge on any atom is -0.394 e. The van der Waals surface area contributed by atoms with Crippen molar-refractivity contribution in [3.05, 3.63) is 0 Å². The van der Waals surface area contributed by atoms with E-state index in [1.54, 1.807) is 0 Å². The van der Waals surface area contributed by atoms with Crippen LogP contribution < -0.4 is 26.6 Å². The number of ether oxygens (including phenoxy) is 21. The summed E-state index contributed by atoms with van der Waals surface area (Å²) in [7, 11) is 0. The smallest absolute Gasteiger partial charge is 0.217 e. The molecule has 11 aliphatic heterocycles. The highest BCUT2D eigenvalue weighted by Gasteiger charge is 2.63. The average Bonchev–Trinajstić information content (AvgIpc) is 0.761. The molecule has 0 spiro atoms. The van der Waals surface area contributed by atoms with Crippen LogP contribution in [0.5, 0.6) is 0 Å². The molecule has 55 atom stereocenters. The third-order valence-corrected chi connectivity index (χ3v) is 25.0. The van der Waals surface area contributed by atoms with Gasteiger partial charge in [0.05, 0.1) is 72.2 Å². The van der Waals surface area contributed by atoms with E-state index in [1.165, 1.54) is 6.92 Å². The Hall–Kier alpha value is -4.65. The molecule has 5 amide bonds. The van der Waals surface area contributed by atoms with Gasteiger partial charge in [0.2, 0.25) is 29.5 Å². The Balaban J connectivity index is 0.931. The Kier molecular flexibility index (Phi) is 40.1. The van der Waals surface area contributed by atoms with Crippen molar-refractivity contribution in [3.63, 3.8) is 0 Å². The molecule has 60 heteroatoms. The van der Waals surface area contributed by atoms with Crippen LogP contribution >= 0.6 is 0 Å². The van der Waals surface area contributed by atoms with Gasteiger partial charge in [-0.15, -0.1) is 0 Å². The molecule has 11 saturated heterocycles. The van der Waals surface area contributed by atoms with E-state index in [0.717, 1.165) is 34.6 Å². The number of carbonyl (C=O) groups is 5. The Morgan fingerprint density at radius 1 is 0.206 bits per heavy atom. The topological polar surface area (TPSA) is 926 Å². The number of aliphatic hydroxyl groups is 29. The van der Waals surface area contributed by atoms with Crippen molar-refractivity contribution in [2.24, 2.45) is 0 Å². The predicted octanol–water partition coefficient (Wildman–Crippen LogP) is -23.2. The van der Waals surface area contributed by atoms with E-state index in [-0.39, 0.29) is 0 Å². The molecule has 0 unspecified atom stereocenters. The van der Waals surface area contributed by atoms with E-state index in [0.29, 0.717) is 0 Å². The zero-order valence-corrected chi connectivity index (χ0v) is 73.4.